The highest BCUT2D eigenvalue weighted by molar-refractivity contribution is 7.09. The topological polar surface area (TPSA) is 66.9 Å². The average Bonchev–Trinajstić information content (AvgIpc) is 2.84. The van der Waals surface area contributed by atoms with Gasteiger partial charge in [-0.15, -0.1) is 11.3 Å². The van der Waals surface area contributed by atoms with E-state index in [9.17, 15) is 4.79 Å². The standard InChI is InChI=1S/C13H16N4OS/c1-9-17-10(8-19-9)5-7-16-13(18)11-4-3-6-15-12(11)14-2/h3-4,6,8H,5,7H2,1-2H3,(H,14,15)(H,16,18). The maximum atomic E-state index is 12.0. The van der Waals surface area contributed by atoms with E-state index >= 15 is 0 Å². The minimum atomic E-state index is -0.121. The van der Waals surface area contributed by atoms with E-state index in [-0.39, 0.29) is 5.91 Å². The van der Waals surface area contributed by atoms with Crippen LogP contribution >= 0.6 is 11.3 Å². The van der Waals surface area contributed by atoms with E-state index in [0.29, 0.717) is 17.9 Å². The summed E-state index contributed by atoms with van der Waals surface area (Å²) in [6.45, 7) is 2.54. The molecule has 0 bridgehead atoms. The van der Waals surface area contributed by atoms with Crippen molar-refractivity contribution in [2.24, 2.45) is 0 Å². The van der Waals surface area contributed by atoms with Gasteiger partial charge < -0.3 is 10.6 Å². The number of nitrogens with one attached hydrogen (secondary N) is 2. The normalized spacial score (nSPS) is 10.2. The number of aromatic nitrogens is 2. The first-order valence-electron chi connectivity index (χ1n) is 6.02. The van der Waals surface area contributed by atoms with E-state index in [1.54, 1.807) is 36.7 Å². The Hall–Kier alpha value is -1.95. The fraction of sp³-hybridized carbons (Fsp3) is 0.308. The van der Waals surface area contributed by atoms with E-state index in [1.165, 1.54) is 0 Å². The summed E-state index contributed by atoms with van der Waals surface area (Å²) in [5.41, 5.74) is 1.57. The van der Waals surface area contributed by atoms with E-state index in [4.69, 9.17) is 0 Å². The van der Waals surface area contributed by atoms with E-state index < -0.39 is 0 Å². The van der Waals surface area contributed by atoms with Crippen molar-refractivity contribution in [3.63, 3.8) is 0 Å². The van der Waals surface area contributed by atoms with Crippen molar-refractivity contribution in [2.45, 2.75) is 13.3 Å². The number of carbonyl (C=O) groups is 1. The van der Waals surface area contributed by atoms with Crippen LogP contribution in [0.2, 0.25) is 0 Å². The minimum Gasteiger partial charge on any atom is -0.372 e. The lowest BCUT2D eigenvalue weighted by Crippen LogP contribution is -2.26. The Balaban J connectivity index is 1.90. The molecule has 2 heterocycles. The monoisotopic (exact) mass is 276 g/mol. The van der Waals surface area contributed by atoms with Crippen LogP contribution in [0.15, 0.2) is 23.7 Å². The molecule has 0 unspecified atom stereocenters. The zero-order valence-electron chi connectivity index (χ0n) is 10.9. The molecule has 2 N–H and O–H groups in total. The summed E-state index contributed by atoms with van der Waals surface area (Å²) in [5.74, 6) is 0.467. The van der Waals surface area contributed by atoms with Crippen LogP contribution in [0.25, 0.3) is 0 Å². The molecule has 0 aromatic carbocycles. The van der Waals surface area contributed by atoms with Crippen LogP contribution in [0.1, 0.15) is 21.1 Å². The number of carbonyl (C=O) groups excluding carboxylic acids is 1. The molecule has 0 atom stereocenters. The SMILES string of the molecule is CNc1ncccc1C(=O)NCCc1csc(C)n1. The Kier molecular flexibility index (Phi) is 4.46. The summed E-state index contributed by atoms with van der Waals surface area (Å²) in [6.07, 6.45) is 2.39. The molecular weight excluding hydrogens is 260 g/mol. The maximum Gasteiger partial charge on any atom is 0.255 e. The molecule has 0 spiro atoms. The van der Waals surface area contributed by atoms with Crippen LogP contribution in [-0.2, 0) is 6.42 Å². The summed E-state index contributed by atoms with van der Waals surface area (Å²) in [5, 5.41) is 8.85. The molecule has 5 nitrogen and oxygen atoms in total. The van der Waals surface area contributed by atoms with Crippen molar-refractivity contribution in [2.75, 3.05) is 18.9 Å². The van der Waals surface area contributed by atoms with Gasteiger partial charge in [0.25, 0.3) is 5.91 Å². The van der Waals surface area contributed by atoms with Gasteiger partial charge in [-0.1, -0.05) is 0 Å². The molecule has 1 amide bonds. The third-order valence-electron chi connectivity index (χ3n) is 2.62. The summed E-state index contributed by atoms with van der Waals surface area (Å²) < 4.78 is 0. The van der Waals surface area contributed by atoms with E-state index in [0.717, 1.165) is 17.1 Å². The number of hydrogen-bond donors (Lipinski definition) is 2. The summed E-state index contributed by atoms with van der Waals surface area (Å²) in [4.78, 5) is 20.5. The van der Waals surface area contributed by atoms with Crippen LogP contribution in [0.4, 0.5) is 5.82 Å². The first-order chi connectivity index (χ1) is 9.20. The molecule has 0 fully saturated rings. The molecule has 2 aromatic heterocycles. The van der Waals surface area contributed by atoms with Crippen LogP contribution in [-0.4, -0.2) is 29.5 Å². The van der Waals surface area contributed by atoms with Crippen molar-refractivity contribution >= 4 is 23.1 Å². The number of amides is 1. The highest BCUT2D eigenvalue weighted by atomic mass is 32.1. The quantitative estimate of drug-likeness (QED) is 0.874. The zero-order chi connectivity index (χ0) is 13.7. The van der Waals surface area contributed by atoms with E-state index in [2.05, 4.69) is 20.6 Å². The average molecular weight is 276 g/mol. The predicted octanol–water partition coefficient (Wildman–Crippen LogP) is 1.86. The number of rotatable bonds is 5. The largest absolute Gasteiger partial charge is 0.372 e. The fourth-order valence-corrected chi connectivity index (χ4v) is 2.36. The van der Waals surface area contributed by atoms with Gasteiger partial charge >= 0.3 is 0 Å². The van der Waals surface area contributed by atoms with Gasteiger partial charge in [0.1, 0.15) is 5.82 Å². The first-order valence-corrected chi connectivity index (χ1v) is 6.90. The van der Waals surface area contributed by atoms with Crippen LogP contribution < -0.4 is 10.6 Å². The van der Waals surface area contributed by atoms with Gasteiger partial charge in [-0.2, -0.15) is 0 Å². The number of pyridine rings is 1. The summed E-state index contributed by atoms with van der Waals surface area (Å²) >= 11 is 1.62. The van der Waals surface area contributed by atoms with Crippen molar-refractivity contribution in [3.05, 3.63) is 40.0 Å². The Morgan fingerprint density at radius 1 is 1.47 bits per heavy atom. The van der Waals surface area contributed by atoms with Gasteiger partial charge in [0.2, 0.25) is 0 Å². The number of thiazole rings is 1. The van der Waals surface area contributed by atoms with Crippen molar-refractivity contribution < 1.29 is 4.79 Å². The molecule has 2 rings (SSSR count). The lowest BCUT2D eigenvalue weighted by Gasteiger charge is -2.08. The highest BCUT2D eigenvalue weighted by Crippen LogP contribution is 2.10. The van der Waals surface area contributed by atoms with Crippen LogP contribution in [0, 0.1) is 6.92 Å². The molecule has 2 aromatic rings. The molecule has 0 aliphatic heterocycles. The number of anilines is 1. The molecule has 0 saturated heterocycles. The minimum absolute atomic E-state index is 0.121. The second kappa shape index (κ2) is 6.29. The number of nitrogens with zero attached hydrogens (tertiary/aromatic N) is 2. The van der Waals surface area contributed by atoms with Gasteiger partial charge in [-0.3, -0.25) is 4.79 Å². The number of aryl methyl sites for hydroxylation is 1. The summed E-state index contributed by atoms with van der Waals surface area (Å²) in [6, 6.07) is 3.50. The third kappa shape index (κ3) is 3.51. The van der Waals surface area contributed by atoms with Gasteiger partial charge in [-0.05, 0) is 19.1 Å². The molecule has 6 heteroatoms. The molecule has 0 saturated carbocycles. The molecule has 0 radical (unpaired) electrons. The second-order valence-corrected chi connectivity index (χ2v) is 5.08. The van der Waals surface area contributed by atoms with Crippen LogP contribution in [0.5, 0.6) is 0 Å². The van der Waals surface area contributed by atoms with Crippen molar-refractivity contribution in [1.29, 1.82) is 0 Å². The Morgan fingerprint density at radius 2 is 2.32 bits per heavy atom. The van der Waals surface area contributed by atoms with Crippen molar-refractivity contribution in [3.8, 4) is 0 Å². The molecule has 19 heavy (non-hydrogen) atoms. The highest BCUT2D eigenvalue weighted by Gasteiger charge is 2.10. The molecular formula is C13H16N4OS. The predicted molar refractivity (Wildman–Crippen MR) is 76.7 cm³/mol. The Labute approximate surface area is 116 Å². The van der Waals surface area contributed by atoms with Gasteiger partial charge in [0, 0.05) is 31.6 Å². The lowest BCUT2D eigenvalue weighted by molar-refractivity contribution is 0.0954. The zero-order valence-corrected chi connectivity index (χ0v) is 11.8. The Morgan fingerprint density at radius 3 is 3.00 bits per heavy atom. The molecule has 0 aliphatic rings. The van der Waals surface area contributed by atoms with E-state index in [1.807, 2.05) is 12.3 Å². The Bertz CT molecular complexity index is 567. The second-order valence-electron chi connectivity index (χ2n) is 4.01. The van der Waals surface area contributed by atoms with Gasteiger partial charge in [0.15, 0.2) is 0 Å². The molecule has 0 aliphatic carbocycles. The molecule has 100 valence electrons. The first kappa shape index (κ1) is 13.5. The number of hydrogen-bond acceptors (Lipinski definition) is 5. The fourth-order valence-electron chi connectivity index (χ4n) is 1.71. The van der Waals surface area contributed by atoms with Crippen molar-refractivity contribution in [1.82, 2.24) is 15.3 Å². The van der Waals surface area contributed by atoms with Gasteiger partial charge in [-0.25, -0.2) is 9.97 Å². The smallest absolute Gasteiger partial charge is 0.255 e. The van der Waals surface area contributed by atoms with Crippen LogP contribution in [0.3, 0.4) is 0 Å². The maximum absolute atomic E-state index is 12.0. The summed E-state index contributed by atoms with van der Waals surface area (Å²) in [7, 11) is 1.75. The third-order valence-corrected chi connectivity index (χ3v) is 3.44. The van der Waals surface area contributed by atoms with Gasteiger partial charge in [0.05, 0.1) is 16.3 Å². The lowest BCUT2D eigenvalue weighted by atomic mass is 10.2.